The molecule has 3 aliphatic rings. The minimum atomic E-state index is -0.446. The van der Waals surface area contributed by atoms with E-state index in [1.807, 2.05) is 32.7 Å². The van der Waals surface area contributed by atoms with Crippen LogP contribution in [-0.2, 0) is 4.74 Å². The van der Waals surface area contributed by atoms with E-state index in [9.17, 15) is 4.79 Å². The summed E-state index contributed by atoms with van der Waals surface area (Å²) in [6.45, 7) is 15.5. The molecule has 3 rings (SSSR count). The Morgan fingerprint density at radius 1 is 1.03 bits per heavy atom. The van der Waals surface area contributed by atoms with Gasteiger partial charge in [0, 0.05) is 39.3 Å². The highest BCUT2D eigenvalue weighted by Crippen LogP contribution is 2.32. The number of hydrogen-bond donors (Lipinski definition) is 1. The van der Waals surface area contributed by atoms with Gasteiger partial charge in [-0.3, -0.25) is 4.99 Å². The van der Waals surface area contributed by atoms with E-state index in [0.717, 1.165) is 50.9 Å². The topological polar surface area (TPSA) is 60.4 Å². The summed E-state index contributed by atoms with van der Waals surface area (Å²) in [5.74, 6) is 2.51. The number of hydrogen-bond acceptors (Lipinski definition) is 4. The van der Waals surface area contributed by atoms with E-state index in [0.29, 0.717) is 5.92 Å². The van der Waals surface area contributed by atoms with Crippen LogP contribution in [0.1, 0.15) is 72.6 Å². The molecule has 1 saturated carbocycles. The first-order valence-electron chi connectivity index (χ1n) is 13.0. The second kappa shape index (κ2) is 11.6. The SMILES string of the molecule is CCN1CCC(CCNC(=NC)N2CCC(N(CC3CC3)C(=O)OC(C)(C)C)CC2)CC1. The van der Waals surface area contributed by atoms with Crippen LogP contribution < -0.4 is 5.32 Å². The van der Waals surface area contributed by atoms with Crippen LogP contribution in [0.5, 0.6) is 0 Å². The lowest BCUT2D eigenvalue weighted by molar-refractivity contribution is 0.00928. The molecule has 184 valence electrons. The molecule has 3 fully saturated rings. The fourth-order valence-corrected chi connectivity index (χ4v) is 4.97. The summed E-state index contributed by atoms with van der Waals surface area (Å²) in [5, 5.41) is 3.61. The Labute approximate surface area is 195 Å². The lowest BCUT2D eigenvalue weighted by Gasteiger charge is -2.40. The third-order valence-corrected chi connectivity index (χ3v) is 7.19. The molecule has 7 heteroatoms. The molecule has 0 atom stereocenters. The maximum atomic E-state index is 12.9. The number of carbonyl (C=O) groups excluding carboxylic acids is 1. The number of nitrogens with zero attached hydrogens (tertiary/aromatic N) is 4. The number of piperidine rings is 2. The van der Waals surface area contributed by atoms with Crippen LogP contribution in [0.15, 0.2) is 4.99 Å². The van der Waals surface area contributed by atoms with Gasteiger partial charge in [-0.25, -0.2) is 4.79 Å². The fraction of sp³-hybridized carbons (Fsp3) is 0.920. The van der Waals surface area contributed by atoms with Crippen molar-refractivity contribution in [2.75, 3.05) is 52.9 Å². The van der Waals surface area contributed by atoms with Crippen molar-refractivity contribution in [1.82, 2.24) is 20.0 Å². The predicted octanol–water partition coefficient (Wildman–Crippen LogP) is 3.80. The standard InChI is InChI=1S/C25H47N5O2/c1-6-28-15-10-20(11-16-28)9-14-27-23(26-5)29-17-12-22(13-18-29)30(19-21-7-8-21)24(31)32-25(2,3)4/h20-22H,6-19H2,1-5H3,(H,26,27). The first kappa shape index (κ1) is 25.1. The number of guanidine groups is 1. The average Bonchev–Trinajstić information content (AvgIpc) is 3.59. The van der Waals surface area contributed by atoms with Gasteiger partial charge in [0.25, 0.3) is 0 Å². The van der Waals surface area contributed by atoms with Crippen molar-refractivity contribution in [2.45, 2.75) is 84.3 Å². The molecule has 2 heterocycles. The molecule has 7 nitrogen and oxygen atoms in total. The summed E-state index contributed by atoms with van der Waals surface area (Å²) in [5.41, 5.74) is -0.446. The van der Waals surface area contributed by atoms with Crippen molar-refractivity contribution in [3.8, 4) is 0 Å². The third kappa shape index (κ3) is 7.82. The number of ether oxygens (including phenoxy) is 1. The molecule has 32 heavy (non-hydrogen) atoms. The van der Waals surface area contributed by atoms with Crippen LogP contribution in [0.4, 0.5) is 4.79 Å². The van der Waals surface area contributed by atoms with Gasteiger partial charge in [-0.05, 0) is 97.2 Å². The van der Waals surface area contributed by atoms with Crippen LogP contribution >= 0.6 is 0 Å². The molecule has 0 radical (unpaired) electrons. The third-order valence-electron chi connectivity index (χ3n) is 7.19. The van der Waals surface area contributed by atoms with Crippen LogP contribution in [0, 0.1) is 11.8 Å². The molecule has 1 amide bonds. The summed E-state index contributed by atoms with van der Waals surface area (Å²) in [4.78, 5) is 24.4. The maximum Gasteiger partial charge on any atom is 0.410 e. The van der Waals surface area contributed by atoms with Gasteiger partial charge in [0.05, 0.1) is 0 Å². The number of carbonyl (C=O) groups is 1. The molecule has 0 aromatic heterocycles. The van der Waals surface area contributed by atoms with Gasteiger partial charge in [0.1, 0.15) is 5.60 Å². The first-order valence-corrected chi connectivity index (χ1v) is 13.0. The second-order valence-electron chi connectivity index (χ2n) is 10.9. The molecule has 0 aromatic carbocycles. The number of nitrogens with one attached hydrogen (secondary N) is 1. The van der Waals surface area contributed by atoms with Gasteiger partial charge in [-0.15, -0.1) is 0 Å². The van der Waals surface area contributed by atoms with Gasteiger partial charge in [-0.1, -0.05) is 6.92 Å². The zero-order valence-corrected chi connectivity index (χ0v) is 21.2. The quantitative estimate of drug-likeness (QED) is 0.473. The summed E-state index contributed by atoms with van der Waals surface area (Å²) in [6.07, 6.45) is 8.16. The Morgan fingerprint density at radius 3 is 2.22 bits per heavy atom. The van der Waals surface area contributed by atoms with Crippen molar-refractivity contribution in [1.29, 1.82) is 0 Å². The number of amides is 1. The highest BCUT2D eigenvalue weighted by Gasteiger charge is 2.35. The van der Waals surface area contributed by atoms with E-state index in [1.54, 1.807) is 0 Å². The molecule has 2 aliphatic heterocycles. The monoisotopic (exact) mass is 449 g/mol. The van der Waals surface area contributed by atoms with Crippen molar-refractivity contribution in [3.63, 3.8) is 0 Å². The van der Waals surface area contributed by atoms with Gasteiger partial charge in [-0.2, -0.15) is 0 Å². The summed E-state index contributed by atoms with van der Waals surface area (Å²) < 4.78 is 5.74. The number of likely N-dealkylation sites (tertiary alicyclic amines) is 2. The highest BCUT2D eigenvalue weighted by molar-refractivity contribution is 5.80. The first-order chi connectivity index (χ1) is 15.3. The zero-order chi connectivity index (χ0) is 23.1. The van der Waals surface area contributed by atoms with Gasteiger partial charge >= 0.3 is 6.09 Å². The molecule has 0 unspecified atom stereocenters. The van der Waals surface area contributed by atoms with Crippen LogP contribution in [0.25, 0.3) is 0 Å². The van der Waals surface area contributed by atoms with E-state index in [2.05, 4.69) is 27.0 Å². The van der Waals surface area contributed by atoms with Gasteiger partial charge in [0.2, 0.25) is 0 Å². The fourth-order valence-electron chi connectivity index (χ4n) is 4.97. The smallest absolute Gasteiger partial charge is 0.410 e. The summed E-state index contributed by atoms with van der Waals surface area (Å²) in [6, 6.07) is 0.267. The second-order valence-corrected chi connectivity index (χ2v) is 10.9. The summed E-state index contributed by atoms with van der Waals surface area (Å²) >= 11 is 0. The average molecular weight is 450 g/mol. The molecule has 0 aromatic rings. The molecule has 1 N–H and O–H groups in total. The van der Waals surface area contributed by atoms with E-state index in [1.165, 1.54) is 51.7 Å². The maximum absolute atomic E-state index is 12.9. The minimum absolute atomic E-state index is 0.139. The summed E-state index contributed by atoms with van der Waals surface area (Å²) in [7, 11) is 1.88. The van der Waals surface area contributed by atoms with Crippen LogP contribution in [-0.4, -0.2) is 91.3 Å². The van der Waals surface area contributed by atoms with Gasteiger partial charge < -0.3 is 24.8 Å². The highest BCUT2D eigenvalue weighted by atomic mass is 16.6. The van der Waals surface area contributed by atoms with E-state index >= 15 is 0 Å². The van der Waals surface area contributed by atoms with E-state index in [4.69, 9.17) is 4.74 Å². The van der Waals surface area contributed by atoms with E-state index < -0.39 is 5.60 Å². The Bertz CT molecular complexity index is 612. The molecular weight excluding hydrogens is 402 g/mol. The Balaban J connectivity index is 1.43. The zero-order valence-electron chi connectivity index (χ0n) is 21.2. The number of aliphatic imine (C=N–C) groups is 1. The van der Waals surface area contributed by atoms with Crippen molar-refractivity contribution < 1.29 is 9.53 Å². The van der Waals surface area contributed by atoms with Gasteiger partial charge in [0.15, 0.2) is 5.96 Å². The normalized spacial score (nSPS) is 22.2. The van der Waals surface area contributed by atoms with Crippen LogP contribution in [0.2, 0.25) is 0 Å². The lowest BCUT2D eigenvalue weighted by Crippen LogP contribution is -2.52. The van der Waals surface area contributed by atoms with E-state index in [-0.39, 0.29) is 12.1 Å². The Kier molecular flexibility index (Phi) is 9.09. The molecule has 0 spiro atoms. The molecule has 1 aliphatic carbocycles. The van der Waals surface area contributed by atoms with Crippen molar-refractivity contribution >= 4 is 12.1 Å². The molecular formula is C25H47N5O2. The Hall–Kier alpha value is -1.50. The lowest BCUT2D eigenvalue weighted by atomic mass is 9.93. The minimum Gasteiger partial charge on any atom is -0.444 e. The molecule has 0 bridgehead atoms. The van der Waals surface area contributed by atoms with Crippen molar-refractivity contribution in [3.05, 3.63) is 0 Å². The van der Waals surface area contributed by atoms with Crippen LogP contribution in [0.3, 0.4) is 0 Å². The Morgan fingerprint density at radius 2 is 1.69 bits per heavy atom. The number of rotatable bonds is 7. The molecule has 2 saturated heterocycles. The van der Waals surface area contributed by atoms with Crippen molar-refractivity contribution in [2.24, 2.45) is 16.8 Å². The largest absolute Gasteiger partial charge is 0.444 e. The predicted molar refractivity (Wildman–Crippen MR) is 131 cm³/mol.